The van der Waals surface area contributed by atoms with Crippen LogP contribution in [0.3, 0.4) is 0 Å². The summed E-state index contributed by atoms with van der Waals surface area (Å²) in [5.41, 5.74) is 0. The van der Waals surface area contributed by atoms with Gasteiger partial charge in [-0.05, 0) is 20.9 Å². The smallest absolute Gasteiger partial charge is 0.165 e. The van der Waals surface area contributed by atoms with Crippen molar-refractivity contribution in [2.45, 2.75) is 25.9 Å². The molecule has 72 valence electrons. The lowest BCUT2D eigenvalue weighted by atomic mass is 10.4. The van der Waals surface area contributed by atoms with Gasteiger partial charge in [0.15, 0.2) is 5.79 Å². The largest absolute Gasteiger partial charge is 0.395 e. The average Bonchev–Trinajstić information content (AvgIpc) is 2.31. The lowest BCUT2D eigenvalue weighted by molar-refractivity contribution is -0.157. The topological polar surface area (TPSA) is 41.9 Å². The van der Waals surface area contributed by atoms with E-state index in [9.17, 15) is 0 Å². The van der Waals surface area contributed by atoms with Crippen LogP contribution in [0, 0.1) is 0 Å². The van der Waals surface area contributed by atoms with Crippen molar-refractivity contribution in [2.75, 3.05) is 26.8 Å². The van der Waals surface area contributed by atoms with Gasteiger partial charge in [-0.2, -0.15) is 0 Å². The van der Waals surface area contributed by atoms with E-state index >= 15 is 0 Å². The van der Waals surface area contributed by atoms with Crippen molar-refractivity contribution in [3.05, 3.63) is 0 Å². The third-order valence-corrected chi connectivity index (χ3v) is 1.94. The number of aliphatic hydroxyl groups is 1. The van der Waals surface area contributed by atoms with Crippen molar-refractivity contribution < 1.29 is 14.6 Å². The molecule has 1 N–H and O–H groups in total. The monoisotopic (exact) mass is 175 g/mol. The summed E-state index contributed by atoms with van der Waals surface area (Å²) in [6.07, 6.45) is -0.0212. The van der Waals surface area contributed by atoms with Gasteiger partial charge in [-0.3, -0.25) is 4.90 Å². The summed E-state index contributed by atoms with van der Waals surface area (Å²) >= 11 is 0. The van der Waals surface area contributed by atoms with Crippen LogP contribution in [-0.2, 0) is 9.47 Å². The molecule has 1 saturated heterocycles. The number of nitrogens with zero attached hydrogens (tertiary/aromatic N) is 1. The molecule has 0 radical (unpaired) electrons. The molecule has 1 rings (SSSR count). The molecule has 1 fully saturated rings. The average molecular weight is 175 g/mol. The summed E-state index contributed by atoms with van der Waals surface area (Å²) in [5, 5.41) is 8.69. The predicted octanol–water partition coefficient (Wildman–Crippen LogP) is 0.0195. The zero-order chi connectivity index (χ0) is 9.19. The molecule has 0 aromatic rings. The Morgan fingerprint density at radius 1 is 1.58 bits per heavy atom. The number of rotatable bonds is 3. The molecular formula is C8H17NO3. The highest BCUT2D eigenvalue weighted by Crippen LogP contribution is 2.23. The SMILES string of the molecule is CN(CCO)[C@@H]1COC(C)(C)O1. The van der Waals surface area contributed by atoms with E-state index in [2.05, 4.69) is 0 Å². The predicted molar refractivity (Wildman–Crippen MR) is 44.6 cm³/mol. The Labute approximate surface area is 73.1 Å². The highest BCUT2D eigenvalue weighted by molar-refractivity contribution is 4.70. The summed E-state index contributed by atoms with van der Waals surface area (Å²) in [6, 6.07) is 0. The van der Waals surface area contributed by atoms with Crippen LogP contribution in [0.25, 0.3) is 0 Å². The Morgan fingerprint density at radius 3 is 2.67 bits per heavy atom. The van der Waals surface area contributed by atoms with Crippen LogP contribution in [0.1, 0.15) is 13.8 Å². The first-order valence-corrected chi connectivity index (χ1v) is 4.18. The van der Waals surface area contributed by atoms with Crippen LogP contribution >= 0.6 is 0 Å². The molecule has 0 aromatic heterocycles. The minimum atomic E-state index is -0.478. The van der Waals surface area contributed by atoms with Gasteiger partial charge in [-0.1, -0.05) is 0 Å². The lowest BCUT2D eigenvalue weighted by Crippen LogP contribution is -2.36. The molecule has 1 aliphatic rings. The molecule has 0 saturated carbocycles. The Kier molecular flexibility index (Phi) is 3.06. The fraction of sp³-hybridized carbons (Fsp3) is 1.00. The molecule has 1 aliphatic heterocycles. The van der Waals surface area contributed by atoms with Crippen molar-refractivity contribution in [3.63, 3.8) is 0 Å². The summed E-state index contributed by atoms with van der Waals surface area (Å²) in [5.74, 6) is -0.478. The van der Waals surface area contributed by atoms with Gasteiger partial charge in [0.25, 0.3) is 0 Å². The minimum Gasteiger partial charge on any atom is -0.395 e. The maximum Gasteiger partial charge on any atom is 0.165 e. The molecule has 0 amide bonds. The van der Waals surface area contributed by atoms with E-state index in [1.807, 2.05) is 25.8 Å². The fourth-order valence-corrected chi connectivity index (χ4v) is 1.19. The van der Waals surface area contributed by atoms with Gasteiger partial charge in [0.1, 0.15) is 6.23 Å². The van der Waals surface area contributed by atoms with Gasteiger partial charge >= 0.3 is 0 Å². The second-order valence-corrected chi connectivity index (χ2v) is 3.49. The first-order chi connectivity index (χ1) is 5.55. The first-order valence-electron chi connectivity index (χ1n) is 4.18. The fourth-order valence-electron chi connectivity index (χ4n) is 1.19. The van der Waals surface area contributed by atoms with Crippen molar-refractivity contribution >= 4 is 0 Å². The van der Waals surface area contributed by atoms with Gasteiger partial charge in [0, 0.05) is 6.54 Å². The molecule has 4 heteroatoms. The maximum absolute atomic E-state index is 8.69. The van der Waals surface area contributed by atoms with E-state index < -0.39 is 5.79 Å². The normalized spacial score (nSPS) is 28.2. The molecule has 0 spiro atoms. The quantitative estimate of drug-likeness (QED) is 0.656. The van der Waals surface area contributed by atoms with E-state index in [1.165, 1.54) is 0 Å². The standard InChI is InChI=1S/C8H17NO3/c1-8(2)11-6-7(12-8)9(3)4-5-10/h7,10H,4-6H2,1-3H3/t7-/m0/s1. The van der Waals surface area contributed by atoms with Crippen LogP contribution in [0.2, 0.25) is 0 Å². The van der Waals surface area contributed by atoms with Gasteiger partial charge < -0.3 is 14.6 Å². The van der Waals surface area contributed by atoms with Crippen molar-refractivity contribution in [3.8, 4) is 0 Å². The minimum absolute atomic E-state index is 0.0212. The van der Waals surface area contributed by atoms with Gasteiger partial charge in [-0.15, -0.1) is 0 Å². The van der Waals surface area contributed by atoms with E-state index in [0.29, 0.717) is 13.2 Å². The van der Waals surface area contributed by atoms with Crippen LogP contribution in [0.15, 0.2) is 0 Å². The molecule has 1 atom stereocenters. The van der Waals surface area contributed by atoms with Gasteiger partial charge in [0.05, 0.1) is 13.2 Å². The lowest BCUT2D eigenvalue weighted by Gasteiger charge is -2.23. The zero-order valence-electron chi connectivity index (χ0n) is 7.91. The third-order valence-electron chi connectivity index (χ3n) is 1.94. The summed E-state index contributed by atoms with van der Waals surface area (Å²) in [7, 11) is 1.91. The molecule has 0 bridgehead atoms. The third kappa shape index (κ3) is 2.42. The van der Waals surface area contributed by atoms with E-state index in [4.69, 9.17) is 14.6 Å². The van der Waals surface area contributed by atoms with Crippen molar-refractivity contribution in [2.24, 2.45) is 0 Å². The summed E-state index contributed by atoms with van der Waals surface area (Å²) < 4.78 is 10.9. The molecule has 4 nitrogen and oxygen atoms in total. The summed E-state index contributed by atoms with van der Waals surface area (Å²) in [6.45, 7) is 5.12. The van der Waals surface area contributed by atoms with Crippen LogP contribution in [-0.4, -0.2) is 48.8 Å². The second-order valence-electron chi connectivity index (χ2n) is 3.49. The van der Waals surface area contributed by atoms with Gasteiger partial charge in [-0.25, -0.2) is 0 Å². The highest BCUT2D eigenvalue weighted by atomic mass is 16.8. The number of aliphatic hydroxyl groups excluding tert-OH is 1. The summed E-state index contributed by atoms with van der Waals surface area (Å²) in [4.78, 5) is 1.94. The maximum atomic E-state index is 8.69. The molecule has 0 aromatic carbocycles. The van der Waals surface area contributed by atoms with E-state index in [1.54, 1.807) is 0 Å². The Bertz CT molecular complexity index is 149. The first kappa shape index (κ1) is 9.92. The molecule has 12 heavy (non-hydrogen) atoms. The molecule has 1 heterocycles. The molecule has 0 aliphatic carbocycles. The van der Waals surface area contributed by atoms with Gasteiger partial charge in [0.2, 0.25) is 0 Å². The molecular weight excluding hydrogens is 158 g/mol. The van der Waals surface area contributed by atoms with E-state index in [-0.39, 0.29) is 12.8 Å². The Morgan fingerprint density at radius 2 is 2.25 bits per heavy atom. The number of ether oxygens (including phenoxy) is 2. The van der Waals surface area contributed by atoms with Crippen LogP contribution in [0.5, 0.6) is 0 Å². The Balaban J connectivity index is 2.36. The van der Waals surface area contributed by atoms with E-state index in [0.717, 1.165) is 0 Å². The second kappa shape index (κ2) is 3.70. The number of hydrogen-bond donors (Lipinski definition) is 1. The van der Waals surface area contributed by atoms with Crippen molar-refractivity contribution in [1.29, 1.82) is 0 Å². The number of hydrogen-bond acceptors (Lipinski definition) is 4. The zero-order valence-corrected chi connectivity index (χ0v) is 7.91. The number of likely N-dealkylation sites (N-methyl/N-ethyl adjacent to an activating group) is 1. The van der Waals surface area contributed by atoms with Crippen LogP contribution in [0.4, 0.5) is 0 Å². The highest BCUT2D eigenvalue weighted by Gasteiger charge is 2.34. The molecule has 0 unspecified atom stereocenters. The Hall–Kier alpha value is -0.160. The van der Waals surface area contributed by atoms with Crippen LogP contribution < -0.4 is 0 Å². The van der Waals surface area contributed by atoms with Crippen molar-refractivity contribution in [1.82, 2.24) is 4.90 Å².